The van der Waals surface area contributed by atoms with Gasteiger partial charge < -0.3 is 10.8 Å². The summed E-state index contributed by atoms with van der Waals surface area (Å²) in [4.78, 5) is 11.2. The van der Waals surface area contributed by atoms with Crippen LogP contribution in [0.4, 0.5) is 5.69 Å². The number of ketones is 1. The van der Waals surface area contributed by atoms with Gasteiger partial charge in [-0.25, -0.2) is 0 Å². The molecule has 3 N–H and O–H groups in total. The molecule has 0 aromatic heterocycles. The molecule has 2 aromatic carbocycles. The van der Waals surface area contributed by atoms with Crippen molar-refractivity contribution in [3.8, 4) is 16.9 Å². The Balaban J connectivity index is 2.21. The van der Waals surface area contributed by atoms with Crippen LogP contribution >= 0.6 is 0 Å². The quantitative estimate of drug-likeness (QED) is 0.505. The minimum atomic E-state index is 0.0892. The number of rotatable bonds is 4. The maximum Gasteiger partial charge on any atom is 0.155 e. The monoisotopic (exact) mass is 267 g/mol. The number of phenols is 1. The molecule has 0 radical (unpaired) electrons. The van der Waals surface area contributed by atoms with Gasteiger partial charge in [0, 0.05) is 6.42 Å². The molecule has 20 heavy (non-hydrogen) atoms. The van der Waals surface area contributed by atoms with Crippen molar-refractivity contribution in [2.24, 2.45) is 0 Å². The lowest BCUT2D eigenvalue weighted by Gasteiger charge is -2.05. The zero-order valence-corrected chi connectivity index (χ0v) is 11.3. The Morgan fingerprint density at radius 1 is 1.15 bits per heavy atom. The van der Waals surface area contributed by atoms with E-state index < -0.39 is 0 Å². The Morgan fingerprint density at radius 2 is 1.80 bits per heavy atom. The van der Waals surface area contributed by atoms with Crippen LogP contribution in [-0.2, 0) is 4.79 Å². The van der Waals surface area contributed by atoms with Crippen molar-refractivity contribution in [1.82, 2.24) is 0 Å². The van der Waals surface area contributed by atoms with Crippen LogP contribution in [0.25, 0.3) is 17.2 Å². The highest BCUT2D eigenvalue weighted by Gasteiger charge is 2.01. The highest BCUT2D eigenvalue weighted by atomic mass is 16.3. The van der Waals surface area contributed by atoms with E-state index in [-0.39, 0.29) is 11.5 Å². The molecule has 0 aliphatic carbocycles. The maximum absolute atomic E-state index is 11.2. The third kappa shape index (κ3) is 3.26. The van der Waals surface area contributed by atoms with Gasteiger partial charge in [0.15, 0.2) is 5.78 Å². The molecule has 0 heterocycles. The van der Waals surface area contributed by atoms with Crippen LogP contribution in [-0.4, -0.2) is 10.9 Å². The Morgan fingerprint density at radius 3 is 2.40 bits per heavy atom. The Hall–Kier alpha value is -2.55. The van der Waals surface area contributed by atoms with Gasteiger partial charge in [0.1, 0.15) is 5.75 Å². The lowest BCUT2D eigenvalue weighted by Crippen LogP contribution is -1.88. The molecule has 0 saturated heterocycles. The van der Waals surface area contributed by atoms with Gasteiger partial charge in [-0.1, -0.05) is 43.3 Å². The van der Waals surface area contributed by atoms with Crippen LogP contribution in [0.5, 0.6) is 5.75 Å². The first-order valence-electron chi connectivity index (χ1n) is 6.50. The highest BCUT2D eigenvalue weighted by molar-refractivity contribution is 5.93. The summed E-state index contributed by atoms with van der Waals surface area (Å²) in [6.07, 6.45) is 3.91. The first kappa shape index (κ1) is 13.9. The van der Waals surface area contributed by atoms with Gasteiger partial charge >= 0.3 is 0 Å². The van der Waals surface area contributed by atoms with Gasteiger partial charge in [0.05, 0.1) is 5.69 Å². The van der Waals surface area contributed by atoms with Crippen molar-refractivity contribution in [1.29, 1.82) is 0 Å². The van der Waals surface area contributed by atoms with Crippen molar-refractivity contribution in [3.63, 3.8) is 0 Å². The average Bonchev–Trinajstić information content (AvgIpc) is 2.48. The standard InChI is InChI=1S/C17H17NO2/c1-2-15(19)9-5-12-3-6-13(7-4-12)14-8-10-17(20)16(18)11-14/h3-11,20H,2,18H2,1H3. The molecular formula is C17H17NO2. The molecule has 3 nitrogen and oxygen atoms in total. The fourth-order valence-electron chi connectivity index (χ4n) is 1.83. The molecule has 0 atom stereocenters. The number of hydrogen-bond donors (Lipinski definition) is 2. The van der Waals surface area contributed by atoms with Gasteiger partial charge in [0.2, 0.25) is 0 Å². The number of benzene rings is 2. The molecule has 0 unspecified atom stereocenters. The van der Waals surface area contributed by atoms with E-state index in [0.717, 1.165) is 16.7 Å². The van der Waals surface area contributed by atoms with Gasteiger partial charge in [-0.3, -0.25) is 4.79 Å². The Kier molecular flexibility index (Phi) is 4.20. The number of phenolic OH excluding ortho intramolecular Hbond substituents is 1. The predicted molar refractivity (Wildman–Crippen MR) is 82.3 cm³/mol. The summed E-state index contributed by atoms with van der Waals surface area (Å²) in [6, 6.07) is 12.9. The number of aromatic hydroxyl groups is 1. The van der Waals surface area contributed by atoms with Crippen LogP contribution in [0.3, 0.4) is 0 Å². The average molecular weight is 267 g/mol. The summed E-state index contributed by atoms with van der Waals surface area (Å²) in [7, 11) is 0. The van der Waals surface area contributed by atoms with Gasteiger partial charge in [-0.05, 0) is 34.9 Å². The fraction of sp³-hybridized carbons (Fsp3) is 0.118. The number of nitrogen functional groups attached to an aromatic ring is 1. The third-order valence-corrected chi connectivity index (χ3v) is 3.08. The van der Waals surface area contributed by atoms with Crippen LogP contribution in [0.1, 0.15) is 18.9 Å². The molecule has 2 aromatic rings. The van der Waals surface area contributed by atoms with Crippen molar-refractivity contribution in [3.05, 3.63) is 54.1 Å². The van der Waals surface area contributed by atoms with E-state index in [1.54, 1.807) is 24.3 Å². The second-order valence-electron chi connectivity index (χ2n) is 4.55. The van der Waals surface area contributed by atoms with Crippen LogP contribution in [0.15, 0.2) is 48.5 Å². The number of anilines is 1. The first-order chi connectivity index (χ1) is 9.60. The normalized spacial score (nSPS) is 10.8. The number of carbonyl (C=O) groups is 1. The van der Waals surface area contributed by atoms with Crippen LogP contribution in [0.2, 0.25) is 0 Å². The Labute approximate surface area is 118 Å². The van der Waals surface area contributed by atoms with E-state index in [1.807, 2.05) is 37.3 Å². The van der Waals surface area contributed by atoms with E-state index in [0.29, 0.717) is 12.1 Å². The number of carbonyl (C=O) groups excluding carboxylic acids is 1. The van der Waals surface area contributed by atoms with Gasteiger partial charge in [-0.2, -0.15) is 0 Å². The minimum Gasteiger partial charge on any atom is -0.506 e. The van der Waals surface area contributed by atoms with E-state index in [9.17, 15) is 9.90 Å². The predicted octanol–water partition coefficient (Wildman–Crippen LogP) is 3.63. The zero-order valence-electron chi connectivity index (χ0n) is 11.3. The van der Waals surface area contributed by atoms with Crippen molar-refractivity contribution in [2.45, 2.75) is 13.3 Å². The molecule has 0 aliphatic heterocycles. The van der Waals surface area contributed by atoms with Crippen molar-refractivity contribution < 1.29 is 9.90 Å². The fourth-order valence-corrected chi connectivity index (χ4v) is 1.83. The maximum atomic E-state index is 11.2. The van der Waals surface area contributed by atoms with Gasteiger partial charge in [-0.15, -0.1) is 0 Å². The summed E-state index contributed by atoms with van der Waals surface area (Å²) in [5.41, 5.74) is 8.98. The molecule has 0 saturated carbocycles. The number of allylic oxidation sites excluding steroid dienone is 1. The van der Waals surface area contributed by atoms with Crippen LogP contribution in [0, 0.1) is 0 Å². The lowest BCUT2D eigenvalue weighted by molar-refractivity contribution is -0.114. The molecule has 102 valence electrons. The van der Waals surface area contributed by atoms with Crippen molar-refractivity contribution in [2.75, 3.05) is 5.73 Å². The summed E-state index contributed by atoms with van der Waals surface area (Å²) < 4.78 is 0. The molecular weight excluding hydrogens is 250 g/mol. The topological polar surface area (TPSA) is 63.3 Å². The zero-order chi connectivity index (χ0) is 14.5. The van der Waals surface area contributed by atoms with E-state index >= 15 is 0 Å². The smallest absolute Gasteiger partial charge is 0.155 e. The molecule has 0 fully saturated rings. The second kappa shape index (κ2) is 6.06. The molecule has 0 aliphatic rings. The minimum absolute atomic E-state index is 0.0892. The lowest BCUT2D eigenvalue weighted by atomic mass is 10.0. The summed E-state index contributed by atoms with van der Waals surface area (Å²) in [5, 5.41) is 9.41. The second-order valence-corrected chi connectivity index (χ2v) is 4.55. The van der Waals surface area contributed by atoms with Crippen LogP contribution < -0.4 is 5.73 Å². The summed E-state index contributed by atoms with van der Waals surface area (Å²) >= 11 is 0. The van der Waals surface area contributed by atoms with Crippen molar-refractivity contribution >= 4 is 17.5 Å². The molecule has 0 spiro atoms. The molecule has 2 rings (SSSR count). The summed E-state index contributed by atoms with van der Waals surface area (Å²) in [6.45, 7) is 1.84. The van der Waals surface area contributed by atoms with E-state index in [2.05, 4.69) is 0 Å². The van der Waals surface area contributed by atoms with Gasteiger partial charge in [0.25, 0.3) is 0 Å². The van der Waals surface area contributed by atoms with E-state index in [4.69, 9.17) is 5.73 Å². The number of nitrogens with two attached hydrogens (primary N) is 1. The molecule has 0 bridgehead atoms. The SMILES string of the molecule is CCC(=O)C=Cc1ccc(-c2ccc(O)c(N)c2)cc1. The number of hydrogen-bond acceptors (Lipinski definition) is 3. The highest BCUT2D eigenvalue weighted by Crippen LogP contribution is 2.27. The van der Waals surface area contributed by atoms with E-state index in [1.165, 1.54) is 0 Å². The summed E-state index contributed by atoms with van der Waals surface area (Å²) in [5.74, 6) is 0.201. The first-order valence-corrected chi connectivity index (χ1v) is 6.50. The Bertz CT molecular complexity index is 643. The molecule has 0 amide bonds. The largest absolute Gasteiger partial charge is 0.506 e. The third-order valence-electron chi connectivity index (χ3n) is 3.08. The molecule has 3 heteroatoms.